The van der Waals surface area contributed by atoms with E-state index in [1.165, 1.54) is 0 Å². The first-order valence-electron chi connectivity index (χ1n) is 6.72. The predicted molar refractivity (Wildman–Crippen MR) is 77.1 cm³/mol. The second kappa shape index (κ2) is 5.88. The number of nitrogens with zero attached hydrogens (tertiary/aromatic N) is 3. The first kappa shape index (κ1) is 13.5. The third-order valence-corrected chi connectivity index (χ3v) is 3.39. The zero-order valence-corrected chi connectivity index (χ0v) is 11.3. The molecule has 1 aromatic carbocycles. The molecule has 0 spiro atoms. The Bertz CT molecular complexity index is 616. The molecule has 1 aromatic heterocycles. The molecule has 1 saturated heterocycles. The van der Waals surface area contributed by atoms with Gasteiger partial charge in [-0.3, -0.25) is 0 Å². The van der Waals surface area contributed by atoms with Gasteiger partial charge in [-0.05, 0) is 12.1 Å². The van der Waals surface area contributed by atoms with Crippen molar-refractivity contribution in [2.24, 2.45) is 0 Å². The summed E-state index contributed by atoms with van der Waals surface area (Å²) in [7, 11) is 0. The molecular weight excluding hydrogens is 270 g/mol. The average molecular weight is 285 g/mol. The Hall–Kier alpha value is -2.47. The van der Waals surface area contributed by atoms with Gasteiger partial charge in [-0.2, -0.15) is 0 Å². The molecule has 6 heteroatoms. The summed E-state index contributed by atoms with van der Waals surface area (Å²) in [5.74, 6) is -0.280. The topological polar surface area (TPSA) is 75.5 Å². The Morgan fingerprint density at radius 2 is 2.00 bits per heavy atom. The van der Waals surface area contributed by atoms with E-state index in [1.54, 1.807) is 0 Å². The zero-order chi connectivity index (χ0) is 14.7. The van der Waals surface area contributed by atoms with E-state index in [-0.39, 0.29) is 6.54 Å². The predicted octanol–water partition coefficient (Wildman–Crippen LogP) is 1.43. The first-order valence-corrected chi connectivity index (χ1v) is 6.72. The van der Waals surface area contributed by atoms with Gasteiger partial charge < -0.3 is 14.7 Å². The van der Waals surface area contributed by atoms with E-state index in [1.807, 2.05) is 47.4 Å². The molecule has 3 rings (SSSR count). The highest BCUT2D eigenvalue weighted by Crippen LogP contribution is 2.19. The van der Waals surface area contributed by atoms with Crippen LogP contribution in [0.25, 0.3) is 11.3 Å². The Morgan fingerprint density at radius 3 is 2.67 bits per heavy atom. The Balaban J connectivity index is 1.76. The van der Waals surface area contributed by atoms with Gasteiger partial charge in [0, 0.05) is 12.1 Å². The van der Waals surface area contributed by atoms with Crippen molar-refractivity contribution >= 4 is 11.8 Å². The highest BCUT2D eigenvalue weighted by Gasteiger charge is 2.27. The number of anilines is 1. The summed E-state index contributed by atoms with van der Waals surface area (Å²) < 4.78 is 5.19. The maximum atomic E-state index is 11.0. The van der Waals surface area contributed by atoms with Crippen LogP contribution in [0.1, 0.15) is 0 Å². The van der Waals surface area contributed by atoms with Crippen LogP contribution >= 0.6 is 0 Å². The molecule has 21 heavy (non-hydrogen) atoms. The van der Waals surface area contributed by atoms with Gasteiger partial charge in [0.25, 0.3) is 0 Å². The number of carboxylic acid groups (broad SMARTS) is 1. The molecule has 0 radical (unpaired) electrons. The molecule has 1 unspecified atom stereocenters. The van der Waals surface area contributed by atoms with Gasteiger partial charge >= 0.3 is 5.97 Å². The van der Waals surface area contributed by atoms with Crippen molar-refractivity contribution in [1.82, 2.24) is 10.2 Å². The van der Waals surface area contributed by atoms with Crippen molar-refractivity contribution in [2.45, 2.75) is 6.10 Å². The molecule has 1 fully saturated rings. The summed E-state index contributed by atoms with van der Waals surface area (Å²) in [5, 5.41) is 17.4. The van der Waals surface area contributed by atoms with E-state index in [0.29, 0.717) is 19.0 Å². The van der Waals surface area contributed by atoms with Gasteiger partial charge in [-0.15, -0.1) is 10.2 Å². The smallest absolute Gasteiger partial charge is 0.334 e. The van der Waals surface area contributed by atoms with Gasteiger partial charge in [0.1, 0.15) is 0 Å². The molecule has 2 heterocycles. The van der Waals surface area contributed by atoms with E-state index in [0.717, 1.165) is 11.3 Å². The number of hydrogen-bond donors (Lipinski definition) is 1. The van der Waals surface area contributed by atoms with Crippen LogP contribution in [-0.2, 0) is 9.53 Å². The minimum absolute atomic E-state index is 0.286. The maximum Gasteiger partial charge on any atom is 0.334 e. The lowest BCUT2D eigenvalue weighted by Gasteiger charge is -2.31. The van der Waals surface area contributed by atoms with Crippen molar-refractivity contribution in [3.63, 3.8) is 0 Å². The van der Waals surface area contributed by atoms with E-state index in [9.17, 15) is 4.79 Å². The molecule has 0 saturated carbocycles. The molecule has 1 aliphatic heterocycles. The fourth-order valence-corrected chi connectivity index (χ4v) is 2.26. The van der Waals surface area contributed by atoms with Crippen LogP contribution in [0.15, 0.2) is 42.5 Å². The minimum atomic E-state index is -0.950. The number of ether oxygens (including phenoxy) is 1. The fourth-order valence-electron chi connectivity index (χ4n) is 2.26. The number of aromatic nitrogens is 2. The van der Waals surface area contributed by atoms with Crippen LogP contribution in [0.2, 0.25) is 0 Å². The second-order valence-electron chi connectivity index (χ2n) is 4.79. The summed E-state index contributed by atoms with van der Waals surface area (Å²) in [6.45, 7) is 1.27. The third-order valence-electron chi connectivity index (χ3n) is 3.39. The molecule has 2 aromatic rings. The summed E-state index contributed by atoms with van der Waals surface area (Å²) in [6.07, 6.45) is -0.811. The largest absolute Gasteiger partial charge is 0.479 e. The molecule has 1 aliphatic rings. The van der Waals surface area contributed by atoms with Crippen LogP contribution in [-0.4, -0.2) is 47.1 Å². The lowest BCUT2D eigenvalue weighted by Crippen LogP contribution is -2.46. The van der Waals surface area contributed by atoms with Crippen LogP contribution in [0, 0.1) is 0 Å². The number of benzene rings is 1. The van der Waals surface area contributed by atoms with Crippen molar-refractivity contribution in [3.05, 3.63) is 42.5 Å². The van der Waals surface area contributed by atoms with E-state index >= 15 is 0 Å². The summed E-state index contributed by atoms with van der Waals surface area (Å²) in [4.78, 5) is 12.9. The Morgan fingerprint density at radius 1 is 1.19 bits per heavy atom. The summed E-state index contributed by atoms with van der Waals surface area (Å²) >= 11 is 0. The second-order valence-corrected chi connectivity index (χ2v) is 4.79. The normalized spacial score (nSPS) is 18.5. The maximum absolute atomic E-state index is 11.0. The highest BCUT2D eigenvalue weighted by molar-refractivity contribution is 5.73. The van der Waals surface area contributed by atoms with Gasteiger partial charge in [0.05, 0.1) is 18.8 Å². The van der Waals surface area contributed by atoms with Crippen LogP contribution in [0.3, 0.4) is 0 Å². The van der Waals surface area contributed by atoms with Crippen molar-refractivity contribution < 1.29 is 14.6 Å². The minimum Gasteiger partial charge on any atom is -0.479 e. The molecule has 1 N–H and O–H groups in total. The monoisotopic (exact) mass is 285 g/mol. The van der Waals surface area contributed by atoms with Gasteiger partial charge in [0.2, 0.25) is 0 Å². The molecule has 6 nitrogen and oxygen atoms in total. The SMILES string of the molecule is O=C(O)C1CN(c2ccc(-c3ccccc3)nn2)CCO1. The van der Waals surface area contributed by atoms with E-state index < -0.39 is 12.1 Å². The fraction of sp³-hybridized carbons (Fsp3) is 0.267. The van der Waals surface area contributed by atoms with Gasteiger partial charge in [-0.1, -0.05) is 30.3 Å². The van der Waals surface area contributed by atoms with Crippen LogP contribution in [0.4, 0.5) is 5.82 Å². The highest BCUT2D eigenvalue weighted by atomic mass is 16.5. The number of hydrogen-bond acceptors (Lipinski definition) is 5. The Kier molecular flexibility index (Phi) is 3.79. The standard InChI is InChI=1S/C15H15N3O3/c19-15(20)13-10-18(8-9-21-13)14-7-6-12(16-17-14)11-4-2-1-3-5-11/h1-7,13H,8-10H2,(H,19,20). The van der Waals surface area contributed by atoms with Gasteiger partial charge in [0.15, 0.2) is 11.9 Å². The number of rotatable bonds is 3. The van der Waals surface area contributed by atoms with Crippen LogP contribution < -0.4 is 4.90 Å². The third kappa shape index (κ3) is 3.00. The number of carbonyl (C=O) groups is 1. The molecule has 0 amide bonds. The molecule has 1 atom stereocenters. The number of aliphatic carboxylic acids is 1. The van der Waals surface area contributed by atoms with Crippen molar-refractivity contribution in [1.29, 1.82) is 0 Å². The first-order chi connectivity index (χ1) is 10.2. The van der Waals surface area contributed by atoms with Gasteiger partial charge in [-0.25, -0.2) is 4.79 Å². The lowest BCUT2D eigenvalue weighted by molar-refractivity contribution is -0.150. The number of carboxylic acids is 1. The van der Waals surface area contributed by atoms with Crippen molar-refractivity contribution in [3.8, 4) is 11.3 Å². The lowest BCUT2D eigenvalue weighted by atomic mass is 10.1. The van der Waals surface area contributed by atoms with E-state index in [2.05, 4.69) is 10.2 Å². The van der Waals surface area contributed by atoms with Crippen molar-refractivity contribution in [2.75, 3.05) is 24.6 Å². The number of morpholine rings is 1. The molecule has 108 valence electrons. The van der Waals surface area contributed by atoms with Crippen LogP contribution in [0.5, 0.6) is 0 Å². The summed E-state index contributed by atoms with van der Waals surface area (Å²) in [6, 6.07) is 13.5. The molecule has 0 bridgehead atoms. The van der Waals surface area contributed by atoms with E-state index in [4.69, 9.17) is 9.84 Å². The summed E-state index contributed by atoms with van der Waals surface area (Å²) in [5.41, 5.74) is 1.80. The molecule has 0 aliphatic carbocycles. The Labute approximate surface area is 122 Å². The zero-order valence-electron chi connectivity index (χ0n) is 11.3. The average Bonchev–Trinajstić information content (AvgIpc) is 2.56. The molecular formula is C15H15N3O3. The quantitative estimate of drug-likeness (QED) is 0.919.